The lowest BCUT2D eigenvalue weighted by Gasteiger charge is -2.36. The van der Waals surface area contributed by atoms with E-state index in [4.69, 9.17) is 10.5 Å². The SMILES string of the molecule is CC(C)(C)c1ccc(OCC2(CCN)CCCCC2)cc1. The Bertz CT molecular complexity index is 418. The van der Waals surface area contributed by atoms with Gasteiger partial charge in [-0.3, -0.25) is 0 Å². The Morgan fingerprint density at radius 3 is 2.19 bits per heavy atom. The van der Waals surface area contributed by atoms with Crippen LogP contribution in [0, 0.1) is 5.41 Å². The van der Waals surface area contributed by atoms with Crippen LogP contribution in [0.4, 0.5) is 0 Å². The Hall–Kier alpha value is -1.02. The average molecular weight is 289 g/mol. The second-order valence-electron chi connectivity index (χ2n) is 7.66. The molecule has 0 saturated heterocycles. The highest BCUT2D eigenvalue weighted by atomic mass is 16.5. The van der Waals surface area contributed by atoms with Crippen molar-refractivity contribution >= 4 is 0 Å². The number of ether oxygens (including phenoxy) is 1. The summed E-state index contributed by atoms with van der Waals surface area (Å²) < 4.78 is 6.11. The summed E-state index contributed by atoms with van der Waals surface area (Å²) in [6, 6.07) is 8.59. The summed E-state index contributed by atoms with van der Waals surface area (Å²) in [6.07, 6.45) is 7.65. The van der Waals surface area contributed by atoms with Crippen molar-refractivity contribution in [2.45, 2.75) is 64.7 Å². The Morgan fingerprint density at radius 1 is 1.05 bits per heavy atom. The Morgan fingerprint density at radius 2 is 1.67 bits per heavy atom. The van der Waals surface area contributed by atoms with Crippen molar-refractivity contribution in [1.82, 2.24) is 0 Å². The monoisotopic (exact) mass is 289 g/mol. The third-order valence-corrected chi connectivity index (χ3v) is 4.85. The van der Waals surface area contributed by atoms with Crippen LogP contribution in [0.1, 0.15) is 64.9 Å². The molecule has 0 heterocycles. The van der Waals surface area contributed by atoms with Crippen molar-refractivity contribution in [3.63, 3.8) is 0 Å². The van der Waals surface area contributed by atoms with Crippen molar-refractivity contribution in [1.29, 1.82) is 0 Å². The molecule has 1 aromatic rings. The van der Waals surface area contributed by atoms with Gasteiger partial charge in [0.25, 0.3) is 0 Å². The molecule has 0 amide bonds. The Balaban J connectivity index is 1.97. The molecule has 0 radical (unpaired) electrons. The normalized spacial score (nSPS) is 18.5. The molecule has 0 bridgehead atoms. The van der Waals surface area contributed by atoms with Crippen molar-refractivity contribution < 1.29 is 4.74 Å². The maximum Gasteiger partial charge on any atom is 0.119 e. The van der Waals surface area contributed by atoms with Gasteiger partial charge >= 0.3 is 0 Å². The summed E-state index contributed by atoms with van der Waals surface area (Å²) in [7, 11) is 0. The fourth-order valence-corrected chi connectivity index (χ4v) is 3.36. The molecule has 0 spiro atoms. The third-order valence-electron chi connectivity index (χ3n) is 4.85. The van der Waals surface area contributed by atoms with Gasteiger partial charge in [0.1, 0.15) is 5.75 Å². The molecule has 1 aliphatic rings. The van der Waals surface area contributed by atoms with E-state index in [-0.39, 0.29) is 5.41 Å². The maximum absolute atomic E-state index is 6.11. The third kappa shape index (κ3) is 4.47. The first kappa shape index (κ1) is 16.4. The van der Waals surface area contributed by atoms with Gasteiger partial charge in [0, 0.05) is 5.41 Å². The molecule has 0 aromatic heterocycles. The van der Waals surface area contributed by atoms with E-state index in [9.17, 15) is 0 Å². The molecule has 2 rings (SSSR count). The van der Waals surface area contributed by atoms with E-state index in [0.717, 1.165) is 25.3 Å². The van der Waals surface area contributed by atoms with Crippen LogP contribution in [0.5, 0.6) is 5.75 Å². The average Bonchev–Trinajstić information content (AvgIpc) is 2.46. The van der Waals surface area contributed by atoms with Crippen molar-refractivity contribution in [3.8, 4) is 5.75 Å². The zero-order valence-corrected chi connectivity index (χ0v) is 14.0. The minimum Gasteiger partial charge on any atom is -0.493 e. The standard InChI is InChI=1S/C19H31NO/c1-18(2,3)16-7-9-17(10-8-16)21-15-19(13-14-20)11-5-4-6-12-19/h7-10H,4-6,11-15,20H2,1-3H3. The molecule has 0 aliphatic heterocycles. The van der Waals surface area contributed by atoms with Crippen molar-refractivity contribution in [3.05, 3.63) is 29.8 Å². The Labute approximate surface area is 130 Å². The predicted molar refractivity (Wildman–Crippen MR) is 89.8 cm³/mol. The van der Waals surface area contributed by atoms with E-state index in [1.165, 1.54) is 37.7 Å². The highest BCUT2D eigenvalue weighted by Gasteiger charge is 2.32. The van der Waals surface area contributed by atoms with E-state index < -0.39 is 0 Å². The van der Waals surface area contributed by atoms with Gasteiger partial charge in [0.2, 0.25) is 0 Å². The molecule has 2 N–H and O–H groups in total. The molecule has 1 aromatic carbocycles. The van der Waals surface area contributed by atoms with E-state index in [1.807, 2.05) is 0 Å². The van der Waals surface area contributed by atoms with Crippen LogP contribution in [0.15, 0.2) is 24.3 Å². The number of hydrogen-bond donors (Lipinski definition) is 1. The first-order valence-corrected chi connectivity index (χ1v) is 8.39. The minimum absolute atomic E-state index is 0.197. The molecule has 0 unspecified atom stereocenters. The number of hydrogen-bond acceptors (Lipinski definition) is 2. The fourth-order valence-electron chi connectivity index (χ4n) is 3.36. The van der Waals surface area contributed by atoms with Gasteiger partial charge in [-0.15, -0.1) is 0 Å². The summed E-state index contributed by atoms with van der Waals surface area (Å²) in [5.74, 6) is 0.991. The number of nitrogens with two attached hydrogens (primary N) is 1. The lowest BCUT2D eigenvalue weighted by Crippen LogP contribution is -2.33. The summed E-state index contributed by atoms with van der Waals surface area (Å²) >= 11 is 0. The largest absolute Gasteiger partial charge is 0.493 e. The predicted octanol–water partition coefficient (Wildman–Crippen LogP) is 4.66. The lowest BCUT2D eigenvalue weighted by atomic mass is 9.72. The molecule has 118 valence electrons. The number of benzene rings is 1. The quantitative estimate of drug-likeness (QED) is 0.855. The van der Waals surface area contributed by atoms with Crippen molar-refractivity contribution in [2.24, 2.45) is 11.1 Å². The molecule has 1 aliphatic carbocycles. The highest BCUT2D eigenvalue weighted by Crippen LogP contribution is 2.39. The zero-order valence-electron chi connectivity index (χ0n) is 14.0. The van der Waals surface area contributed by atoms with Gasteiger partial charge in [-0.2, -0.15) is 0 Å². The van der Waals surface area contributed by atoms with Gasteiger partial charge in [0.05, 0.1) is 6.61 Å². The molecule has 1 fully saturated rings. The van der Waals surface area contributed by atoms with Gasteiger partial charge in [0.15, 0.2) is 0 Å². The Kier molecular flexibility index (Phi) is 5.32. The molecular formula is C19H31NO. The molecular weight excluding hydrogens is 258 g/mol. The summed E-state index contributed by atoms with van der Waals surface area (Å²) in [5, 5.41) is 0. The topological polar surface area (TPSA) is 35.2 Å². The van der Waals surface area contributed by atoms with Crippen LogP contribution in [-0.2, 0) is 5.41 Å². The van der Waals surface area contributed by atoms with Gasteiger partial charge in [-0.1, -0.05) is 52.2 Å². The lowest BCUT2D eigenvalue weighted by molar-refractivity contribution is 0.0898. The fraction of sp³-hybridized carbons (Fsp3) is 0.684. The van der Waals surface area contributed by atoms with Gasteiger partial charge < -0.3 is 10.5 Å². The number of rotatable bonds is 5. The molecule has 2 nitrogen and oxygen atoms in total. The van der Waals surface area contributed by atoms with Crippen LogP contribution in [0.3, 0.4) is 0 Å². The van der Waals surface area contributed by atoms with E-state index in [2.05, 4.69) is 45.0 Å². The van der Waals surface area contributed by atoms with Gasteiger partial charge in [-0.05, 0) is 48.9 Å². The summed E-state index contributed by atoms with van der Waals surface area (Å²) in [6.45, 7) is 8.30. The van der Waals surface area contributed by atoms with Crippen LogP contribution in [-0.4, -0.2) is 13.2 Å². The van der Waals surface area contributed by atoms with E-state index in [1.54, 1.807) is 0 Å². The highest BCUT2D eigenvalue weighted by molar-refractivity contribution is 5.31. The summed E-state index contributed by atoms with van der Waals surface area (Å²) in [4.78, 5) is 0. The van der Waals surface area contributed by atoms with E-state index in [0.29, 0.717) is 5.41 Å². The molecule has 2 heteroatoms. The maximum atomic E-state index is 6.11. The molecule has 0 atom stereocenters. The second kappa shape index (κ2) is 6.83. The van der Waals surface area contributed by atoms with Crippen LogP contribution >= 0.6 is 0 Å². The first-order valence-electron chi connectivity index (χ1n) is 8.39. The van der Waals surface area contributed by atoms with Crippen LogP contribution in [0.2, 0.25) is 0 Å². The van der Waals surface area contributed by atoms with Gasteiger partial charge in [-0.25, -0.2) is 0 Å². The minimum atomic E-state index is 0.197. The first-order chi connectivity index (χ1) is 9.95. The van der Waals surface area contributed by atoms with Crippen molar-refractivity contribution in [2.75, 3.05) is 13.2 Å². The van der Waals surface area contributed by atoms with Crippen LogP contribution in [0.25, 0.3) is 0 Å². The van der Waals surface area contributed by atoms with Crippen LogP contribution < -0.4 is 10.5 Å². The molecule has 21 heavy (non-hydrogen) atoms. The zero-order chi connectivity index (χ0) is 15.3. The second-order valence-corrected chi connectivity index (χ2v) is 7.66. The molecule has 1 saturated carbocycles. The summed E-state index contributed by atoms with van der Waals surface area (Å²) in [5.41, 5.74) is 7.69. The smallest absolute Gasteiger partial charge is 0.119 e. The van der Waals surface area contributed by atoms with E-state index >= 15 is 0 Å².